The third-order valence-corrected chi connectivity index (χ3v) is 5.06. The minimum Gasteiger partial charge on any atom is -0.399 e. The first-order valence-electron chi connectivity index (χ1n) is 8.23. The van der Waals surface area contributed by atoms with Crippen molar-refractivity contribution in [2.45, 2.75) is 57.4 Å². The minimum atomic E-state index is -1.53. The molecule has 0 spiro atoms. The van der Waals surface area contributed by atoms with Crippen molar-refractivity contribution in [3.63, 3.8) is 0 Å². The molecule has 4 nitrogen and oxygen atoms in total. The summed E-state index contributed by atoms with van der Waals surface area (Å²) in [6.07, 6.45) is 6.27. The van der Waals surface area contributed by atoms with Crippen molar-refractivity contribution < 1.29 is 13.7 Å². The van der Waals surface area contributed by atoms with Gasteiger partial charge in [-0.05, 0) is 75.7 Å². The number of aromatic nitrogens is 1. The van der Waals surface area contributed by atoms with Crippen LogP contribution in [0.3, 0.4) is 0 Å². The molecule has 1 aromatic heterocycles. The van der Waals surface area contributed by atoms with Gasteiger partial charge in [0.25, 0.3) is 4.70 Å². The number of rotatable bonds is 1. The minimum absolute atomic E-state index is 0.297. The van der Waals surface area contributed by atoms with Gasteiger partial charge in [0.1, 0.15) is 0 Å². The zero-order chi connectivity index (χ0) is 18.9. The van der Waals surface area contributed by atoms with Crippen LogP contribution in [0.15, 0.2) is 36.6 Å². The number of hydrogen-bond donors (Lipinski definition) is 1. The van der Waals surface area contributed by atoms with Crippen LogP contribution in [0.5, 0.6) is 0 Å². The first-order chi connectivity index (χ1) is 11.4. The van der Waals surface area contributed by atoms with E-state index >= 15 is 0 Å². The fraction of sp³-hybridized carbons (Fsp3) is 0.500. The van der Waals surface area contributed by atoms with Crippen molar-refractivity contribution in [2.75, 3.05) is 0 Å². The summed E-state index contributed by atoms with van der Waals surface area (Å²) in [5, 5.41) is 2.44. The maximum atomic E-state index is 12.5. The lowest BCUT2D eigenvalue weighted by Gasteiger charge is -2.32. The highest BCUT2D eigenvalue weighted by Gasteiger charge is 2.52. The Balaban J connectivity index is 0.000000236. The van der Waals surface area contributed by atoms with E-state index in [0.29, 0.717) is 0 Å². The quantitative estimate of drug-likeness (QED) is 0.435. The lowest BCUT2D eigenvalue weighted by molar-refractivity contribution is 0.00578. The smallest absolute Gasteiger partial charge is 0.399 e. The van der Waals surface area contributed by atoms with E-state index < -0.39 is 4.70 Å². The molecule has 1 N–H and O–H groups in total. The van der Waals surface area contributed by atoms with Crippen LogP contribution in [0.25, 0.3) is 0 Å². The highest BCUT2D eigenvalue weighted by atomic mass is 79.9. The van der Waals surface area contributed by atoms with Crippen LogP contribution in [-0.2, 0) is 9.31 Å². The predicted octanol–water partition coefficient (Wildman–Crippen LogP) is 3.68. The van der Waals surface area contributed by atoms with Gasteiger partial charge in [-0.1, -0.05) is 12.1 Å². The van der Waals surface area contributed by atoms with Gasteiger partial charge in [-0.2, -0.15) is 0 Å². The number of hydrogen-bond acceptors (Lipinski definition) is 4. The van der Waals surface area contributed by atoms with Gasteiger partial charge in [0, 0.05) is 23.1 Å². The van der Waals surface area contributed by atoms with Gasteiger partial charge in [0.2, 0.25) is 0 Å². The molecule has 0 radical (unpaired) electrons. The fourth-order valence-corrected chi connectivity index (χ4v) is 2.64. The van der Waals surface area contributed by atoms with Crippen LogP contribution >= 0.6 is 15.9 Å². The molecule has 1 unspecified atom stereocenters. The summed E-state index contributed by atoms with van der Waals surface area (Å²) >= 11 is 2.78. The van der Waals surface area contributed by atoms with Crippen molar-refractivity contribution in [3.8, 4) is 0 Å². The first-order valence-corrected chi connectivity index (χ1v) is 9.02. The van der Waals surface area contributed by atoms with E-state index in [1.54, 1.807) is 12.2 Å². The molecular formula is C18H25BBrFN2O2. The molecule has 0 aromatic carbocycles. The Hall–Kier alpha value is -1.18. The average Bonchev–Trinajstić information content (AvgIpc) is 2.67. The van der Waals surface area contributed by atoms with E-state index in [-0.39, 0.29) is 18.3 Å². The second-order valence-corrected chi connectivity index (χ2v) is 8.36. The number of allylic oxidation sites excluding steroid dienone is 2. The molecule has 25 heavy (non-hydrogen) atoms. The summed E-state index contributed by atoms with van der Waals surface area (Å²) in [5.41, 5.74) is 2.42. The molecule has 0 amide bonds. The second-order valence-electron chi connectivity index (χ2n) is 7.20. The molecular weight excluding hydrogens is 386 g/mol. The van der Waals surface area contributed by atoms with Crippen LogP contribution < -0.4 is 10.8 Å². The van der Waals surface area contributed by atoms with Crippen LogP contribution in [0, 0.1) is 13.8 Å². The summed E-state index contributed by atoms with van der Waals surface area (Å²) in [4.78, 5) is 4.45. The molecule has 2 aliphatic rings. The predicted molar refractivity (Wildman–Crippen MR) is 104 cm³/mol. The number of aryl methyl sites for hydroxylation is 2. The third-order valence-electron chi connectivity index (χ3n) is 4.56. The van der Waals surface area contributed by atoms with Gasteiger partial charge in [-0.15, -0.1) is 0 Å². The van der Waals surface area contributed by atoms with Crippen molar-refractivity contribution in [1.82, 2.24) is 10.3 Å². The Labute approximate surface area is 158 Å². The topological polar surface area (TPSA) is 43.4 Å². The van der Waals surface area contributed by atoms with Crippen LogP contribution in [0.1, 0.15) is 39.1 Å². The molecule has 136 valence electrons. The molecule has 0 bridgehead atoms. The zero-order valence-electron chi connectivity index (χ0n) is 15.6. The van der Waals surface area contributed by atoms with Gasteiger partial charge in [0.05, 0.1) is 11.2 Å². The van der Waals surface area contributed by atoms with Gasteiger partial charge >= 0.3 is 7.12 Å². The molecule has 3 rings (SSSR count). The molecule has 1 atom stereocenters. The highest BCUT2D eigenvalue weighted by molar-refractivity contribution is 9.10. The average molecular weight is 411 g/mol. The van der Waals surface area contributed by atoms with Crippen LogP contribution in [0.2, 0.25) is 0 Å². The largest absolute Gasteiger partial charge is 0.496 e. The lowest BCUT2D eigenvalue weighted by atomic mass is 9.78. The first kappa shape index (κ1) is 20.1. The standard InChI is InChI=1S/C13H20BNO2.C5H5BrFN/c1-9-7-8-11(10(2)15-9)14-16-12(3,4)13(5,6)17-14;6-5(7)3-1-2-4-8-5/h7-8H,1-6H3;1-4,8H. The molecule has 1 fully saturated rings. The normalized spacial score (nSPS) is 26.0. The van der Waals surface area contributed by atoms with Crippen LogP contribution in [-0.4, -0.2) is 28.0 Å². The molecule has 1 saturated heterocycles. The van der Waals surface area contributed by atoms with E-state index in [1.165, 1.54) is 12.3 Å². The van der Waals surface area contributed by atoms with Crippen molar-refractivity contribution in [1.29, 1.82) is 0 Å². The SMILES string of the molecule is Cc1ccc(B2OC(C)(C)C(C)(C)O2)c(C)n1.FC1(Br)C=CC=CN1. The second kappa shape index (κ2) is 7.21. The third kappa shape index (κ3) is 4.93. The molecule has 1 aromatic rings. The summed E-state index contributed by atoms with van der Waals surface area (Å²) < 4.78 is 23.0. The maximum Gasteiger partial charge on any atom is 0.496 e. The Morgan fingerprint density at radius 1 is 1.08 bits per heavy atom. The van der Waals surface area contributed by atoms with Gasteiger partial charge in [-0.3, -0.25) is 4.98 Å². The lowest BCUT2D eigenvalue weighted by Crippen LogP contribution is -2.41. The van der Waals surface area contributed by atoms with E-state index in [2.05, 4.69) is 53.9 Å². The Morgan fingerprint density at radius 3 is 2.08 bits per heavy atom. The molecule has 7 heteroatoms. The summed E-state index contributed by atoms with van der Waals surface area (Å²) in [5.74, 6) is 0. The van der Waals surface area contributed by atoms with E-state index in [9.17, 15) is 4.39 Å². The van der Waals surface area contributed by atoms with Crippen molar-refractivity contribution >= 4 is 28.5 Å². The monoisotopic (exact) mass is 410 g/mol. The number of nitrogens with one attached hydrogen (secondary N) is 1. The highest BCUT2D eigenvalue weighted by Crippen LogP contribution is 2.36. The van der Waals surface area contributed by atoms with Crippen molar-refractivity contribution in [3.05, 3.63) is 47.9 Å². The number of dihydropyridines is 1. The number of alkyl halides is 2. The molecule has 0 saturated carbocycles. The Kier molecular flexibility index (Phi) is 5.81. The van der Waals surface area contributed by atoms with E-state index in [4.69, 9.17) is 9.31 Å². The number of pyridine rings is 1. The maximum absolute atomic E-state index is 12.5. The zero-order valence-corrected chi connectivity index (χ0v) is 17.1. The van der Waals surface area contributed by atoms with Crippen LogP contribution in [0.4, 0.5) is 4.39 Å². The molecule has 3 heterocycles. The van der Waals surface area contributed by atoms with E-state index in [0.717, 1.165) is 16.9 Å². The van der Waals surface area contributed by atoms with Crippen molar-refractivity contribution in [2.24, 2.45) is 0 Å². The Morgan fingerprint density at radius 2 is 1.68 bits per heavy atom. The summed E-state index contributed by atoms with van der Waals surface area (Å²) in [6, 6.07) is 4.03. The number of nitrogens with zero attached hydrogens (tertiary/aromatic N) is 1. The Bertz CT molecular complexity index is 674. The van der Waals surface area contributed by atoms with Gasteiger partial charge < -0.3 is 14.6 Å². The fourth-order valence-electron chi connectivity index (χ4n) is 2.36. The molecule has 2 aliphatic heterocycles. The van der Waals surface area contributed by atoms with Gasteiger partial charge in [-0.25, -0.2) is 4.39 Å². The molecule has 0 aliphatic carbocycles. The summed E-state index contributed by atoms with van der Waals surface area (Å²) in [7, 11) is -0.312. The number of halogens is 2. The van der Waals surface area contributed by atoms with E-state index in [1.807, 2.05) is 26.0 Å². The van der Waals surface area contributed by atoms with Gasteiger partial charge in [0.15, 0.2) is 0 Å². The summed E-state index contributed by atoms with van der Waals surface area (Å²) in [6.45, 7) is 12.2.